The Morgan fingerprint density at radius 2 is 1.31 bits per heavy atom. The molecule has 3 heteroatoms. The van der Waals surface area contributed by atoms with Crippen LogP contribution >= 0.6 is 0 Å². The molecule has 0 radical (unpaired) electrons. The Labute approximate surface area is 303 Å². The summed E-state index contributed by atoms with van der Waals surface area (Å²) in [6, 6.07) is 32.5. The third kappa shape index (κ3) is 9.45. The number of rotatable bonds is 5. The quantitative estimate of drug-likeness (QED) is 0.145. The van der Waals surface area contributed by atoms with Gasteiger partial charge in [0.25, 0.3) is 0 Å². The van der Waals surface area contributed by atoms with Gasteiger partial charge in [-0.05, 0) is 6.92 Å². The fourth-order valence-corrected chi connectivity index (χ4v) is 11.9. The van der Waals surface area contributed by atoms with Gasteiger partial charge >= 0.3 is 228 Å². The van der Waals surface area contributed by atoms with Crippen LogP contribution in [0.2, 0.25) is 9.45 Å². The van der Waals surface area contributed by atoms with Crippen LogP contribution in [-0.2, 0) is 0 Å². The van der Waals surface area contributed by atoms with E-state index in [1.807, 2.05) is 45.9 Å². The zero-order chi connectivity index (χ0) is 36.4. The van der Waals surface area contributed by atoms with Crippen LogP contribution in [0.25, 0.3) is 32.9 Å². The van der Waals surface area contributed by atoms with Gasteiger partial charge in [-0.3, -0.25) is 0 Å². The molecule has 1 heterocycles. The molecule has 5 aromatic rings. The Morgan fingerprint density at radius 3 is 1.86 bits per heavy atom. The molecule has 6 rings (SSSR count). The van der Waals surface area contributed by atoms with E-state index in [-0.39, 0.29) is 3.97 Å². The van der Waals surface area contributed by atoms with Crippen LogP contribution in [0.4, 0.5) is 0 Å². The van der Waals surface area contributed by atoms with E-state index in [4.69, 9.17) is 4.98 Å². The molecule has 0 bridgehead atoms. The molecule has 1 N–H and O–H groups in total. The topological polar surface area (TPSA) is 33.1 Å². The molecule has 0 amide bonds. The summed E-state index contributed by atoms with van der Waals surface area (Å²) in [7, 11) is 0. The maximum absolute atomic E-state index is 10.8. The molecule has 2 unspecified atom stereocenters. The molecule has 0 fully saturated rings. The summed E-state index contributed by atoms with van der Waals surface area (Å²) in [5, 5.41) is 14.6. The fraction of sp³-hybridized carbons (Fsp3) is 0.370. The molecule has 0 aliphatic heterocycles. The average Bonchev–Trinajstić information content (AvgIpc) is 3.09. The van der Waals surface area contributed by atoms with Crippen molar-refractivity contribution in [3.63, 3.8) is 0 Å². The molecular weight excluding hydrogens is 652 g/mol. The van der Waals surface area contributed by atoms with Gasteiger partial charge in [0.1, 0.15) is 0 Å². The monoisotopic (exact) mass is 711 g/mol. The standard InChI is InChI=1S/C27H22N.C7H8.C6H13O.C3H8.C2H6.CH3.Ga/c1-18-10-6-7-13-21(18)25-19(2)16-17-23-26(25)22-14-8-9-15-24(22)28-27(23)20-11-4-3-5-12-20;1-7-5-3-2-4-6-7;1-5(2)6(3,4)7;1-3-2;1-2;;/h4-18,21H,1-2H3;2-6H,1H3;7H,1-4H3;3H2,1-2H3;1-2H3;1H3;. The Morgan fingerprint density at radius 1 is 0.735 bits per heavy atom. The number of aryl methyl sites for hydroxylation is 2. The Bertz CT molecular complexity index is 1830. The number of aliphatic hydroxyl groups is 1. The number of nitrogens with zero attached hydrogens (tertiary/aromatic N) is 1. The van der Waals surface area contributed by atoms with Gasteiger partial charge in [-0.25, -0.2) is 0 Å². The zero-order valence-corrected chi connectivity index (χ0v) is 34.7. The van der Waals surface area contributed by atoms with E-state index in [9.17, 15) is 5.11 Å². The van der Waals surface area contributed by atoms with E-state index in [0.29, 0.717) is 11.8 Å². The van der Waals surface area contributed by atoms with Crippen molar-refractivity contribution in [1.29, 1.82) is 0 Å². The van der Waals surface area contributed by atoms with Crippen molar-refractivity contribution in [3.8, 4) is 11.3 Å². The van der Waals surface area contributed by atoms with Crippen LogP contribution in [0.1, 0.15) is 91.3 Å². The minimum atomic E-state index is -1.99. The number of para-hydroxylation sites is 1. The smallest absolute Gasteiger partial charge is 0.0398 e. The zero-order valence-electron chi connectivity index (χ0n) is 32.3. The normalized spacial score (nSPS) is 15.4. The summed E-state index contributed by atoms with van der Waals surface area (Å²) in [5.74, 6) is 0.782. The van der Waals surface area contributed by atoms with Crippen LogP contribution in [0.5, 0.6) is 0 Å². The van der Waals surface area contributed by atoms with Gasteiger partial charge in [-0.15, -0.1) is 0 Å². The minimum Gasteiger partial charge on any atom is -0.0622 e. The molecule has 1 aliphatic rings. The largest absolute Gasteiger partial charge is 0.0622 e. The van der Waals surface area contributed by atoms with Gasteiger partial charge in [0.15, 0.2) is 0 Å². The van der Waals surface area contributed by atoms with E-state index < -0.39 is 21.8 Å². The van der Waals surface area contributed by atoms with Gasteiger partial charge in [-0.1, -0.05) is 70.0 Å². The van der Waals surface area contributed by atoms with Gasteiger partial charge in [-0.2, -0.15) is 0 Å². The van der Waals surface area contributed by atoms with E-state index in [0.717, 1.165) is 16.8 Å². The molecule has 1 aromatic heterocycles. The summed E-state index contributed by atoms with van der Waals surface area (Å²) < 4.78 is 1.33. The van der Waals surface area contributed by atoms with E-state index in [1.54, 1.807) is 0 Å². The molecule has 2 atom stereocenters. The number of aromatic nitrogens is 1. The molecule has 258 valence electrons. The number of hydrogen-bond acceptors (Lipinski definition) is 2. The Hall–Kier alpha value is -3.37. The maximum atomic E-state index is 10.8. The fourth-order valence-electron chi connectivity index (χ4n) is 6.31. The van der Waals surface area contributed by atoms with Crippen LogP contribution in [0, 0.1) is 19.8 Å². The van der Waals surface area contributed by atoms with Gasteiger partial charge < -0.3 is 0 Å². The molecule has 4 aromatic carbocycles. The van der Waals surface area contributed by atoms with Crippen molar-refractivity contribution in [2.45, 2.75) is 104 Å². The van der Waals surface area contributed by atoms with E-state index in [2.05, 4.69) is 151 Å². The molecule has 0 saturated heterocycles. The van der Waals surface area contributed by atoms with Crippen molar-refractivity contribution >= 4 is 42.0 Å². The third-order valence-corrected chi connectivity index (χ3v) is 19.1. The number of pyridine rings is 1. The third-order valence-electron chi connectivity index (χ3n) is 10.2. The van der Waals surface area contributed by atoms with Crippen molar-refractivity contribution in [1.82, 2.24) is 4.98 Å². The van der Waals surface area contributed by atoms with Crippen LogP contribution in [0.15, 0.2) is 115 Å². The summed E-state index contributed by atoms with van der Waals surface area (Å²) in [6.45, 7) is 23.2. The minimum absolute atomic E-state index is 0.0828. The number of benzene rings is 4. The summed E-state index contributed by atoms with van der Waals surface area (Å²) in [4.78, 5) is 5.21. The van der Waals surface area contributed by atoms with Gasteiger partial charge in [0.05, 0.1) is 0 Å². The van der Waals surface area contributed by atoms with Gasteiger partial charge in [0, 0.05) is 0 Å². The van der Waals surface area contributed by atoms with E-state index in [1.165, 1.54) is 43.4 Å². The predicted octanol–water partition coefficient (Wildman–Crippen LogP) is 12.5. The predicted molar refractivity (Wildman–Crippen MR) is 220 cm³/mol. The number of allylic oxidation sites excluding steroid dienone is 4. The molecule has 0 spiro atoms. The average molecular weight is 713 g/mol. The molecule has 0 saturated carbocycles. The van der Waals surface area contributed by atoms with Crippen LogP contribution < -0.4 is 4.12 Å². The second kappa shape index (κ2) is 18.0. The first-order valence-corrected chi connectivity index (χ1v) is 23.2. The van der Waals surface area contributed by atoms with Crippen LogP contribution in [0.3, 0.4) is 0 Å². The molecule has 2 nitrogen and oxygen atoms in total. The van der Waals surface area contributed by atoms with Crippen molar-refractivity contribution in [2.24, 2.45) is 5.92 Å². The van der Waals surface area contributed by atoms with Crippen molar-refractivity contribution < 1.29 is 5.11 Å². The second-order valence-electron chi connectivity index (χ2n) is 14.3. The number of fused-ring (bicyclic) bond motifs is 3. The first-order valence-electron chi connectivity index (χ1n) is 18.3. The molecule has 1 aliphatic carbocycles. The summed E-state index contributed by atoms with van der Waals surface area (Å²) in [6.07, 6.45) is 10.3. The van der Waals surface area contributed by atoms with Crippen molar-refractivity contribution in [3.05, 3.63) is 132 Å². The van der Waals surface area contributed by atoms with Crippen LogP contribution in [-0.4, -0.2) is 31.9 Å². The van der Waals surface area contributed by atoms with Gasteiger partial charge in [0.2, 0.25) is 0 Å². The van der Waals surface area contributed by atoms with Crippen molar-refractivity contribution in [2.75, 3.05) is 0 Å². The number of hydrogen-bond donors (Lipinski definition) is 1. The SMILES string of the molecule is CC.CCC.Cc1ccc2c(-c3cc[c]([Ga]([CH3])[C](C)(C)C(C)(C)O)cc3)nc3ccccc3c2c1C1C=CC=CC1C.Cc1ccccc1. The molecular formula is C46H60GaNO. The Kier molecular flexibility index (Phi) is 14.7. The van der Waals surface area contributed by atoms with E-state index >= 15 is 0 Å². The molecule has 49 heavy (non-hydrogen) atoms. The first kappa shape index (κ1) is 40.1. The first-order chi connectivity index (χ1) is 23.3. The second-order valence-corrected chi connectivity index (χ2v) is 21.8. The summed E-state index contributed by atoms with van der Waals surface area (Å²) >= 11 is -1.99. The summed E-state index contributed by atoms with van der Waals surface area (Å²) in [5.41, 5.74) is 9.00. The Balaban J connectivity index is 0.000000465. The maximum Gasteiger partial charge on any atom is -0.0398 e.